The first kappa shape index (κ1) is 9.50. The van der Waals surface area contributed by atoms with Crippen LogP contribution in [0.3, 0.4) is 0 Å². The molecule has 0 aromatic rings. The maximum atomic E-state index is 4.64. The van der Waals surface area contributed by atoms with E-state index >= 15 is 0 Å². The molecule has 0 fully saturated rings. The van der Waals surface area contributed by atoms with E-state index in [0.29, 0.717) is 0 Å². The zero-order valence-electron chi connectivity index (χ0n) is 9.74. The van der Waals surface area contributed by atoms with Gasteiger partial charge in [-0.3, -0.25) is 0 Å². The van der Waals surface area contributed by atoms with E-state index in [1.165, 1.54) is 32.1 Å². The molecule has 5 nitrogen and oxygen atoms in total. The zero-order chi connectivity index (χ0) is 11.3. The average molecular weight is 229 g/mol. The second kappa shape index (κ2) is 3.24. The summed E-state index contributed by atoms with van der Waals surface area (Å²) in [5.74, 6) is 2.26. The van der Waals surface area contributed by atoms with Gasteiger partial charge in [-0.2, -0.15) is 0 Å². The van der Waals surface area contributed by atoms with Gasteiger partial charge >= 0.3 is 0 Å². The van der Waals surface area contributed by atoms with Gasteiger partial charge in [0.25, 0.3) is 0 Å². The van der Waals surface area contributed by atoms with Gasteiger partial charge < -0.3 is 5.32 Å². The van der Waals surface area contributed by atoms with Crippen LogP contribution in [0.25, 0.3) is 0 Å². The summed E-state index contributed by atoms with van der Waals surface area (Å²) in [4.78, 5) is 18.3. The lowest BCUT2D eigenvalue weighted by atomic mass is 10.0. The number of nitrogens with zero attached hydrogens (tertiary/aromatic N) is 4. The van der Waals surface area contributed by atoms with Crippen molar-refractivity contribution in [3.8, 4) is 0 Å². The van der Waals surface area contributed by atoms with Crippen LogP contribution in [0.15, 0.2) is 20.0 Å². The largest absolute Gasteiger partial charge is 0.326 e. The fraction of sp³-hybridized carbons (Fsp3) is 0.667. The number of nitrogens with one attached hydrogen (secondary N) is 1. The summed E-state index contributed by atoms with van der Waals surface area (Å²) in [5, 5.41) is 3.35. The van der Waals surface area contributed by atoms with E-state index in [-0.39, 0.29) is 5.79 Å². The lowest BCUT2D eigenvalue weighted by Crippen LogP contribution is -2.63. The lowest BCUT2D eigenvalue weighted by molar-refractivity contribution is 0.329. The van der Waals surface area contributed by atoms with E-state index in [2.05, 4.69) is 25.3 Å². The Bertz CT molecular complexity index is 499. The molecular formula is C12H15N5. The number of hydrogen-bond donors (Lipinski definition) is 1. The molecule has 0 aromatic carbocycles. The van der Waals surface area contributed by atoms with Crippen molar-refractivity contribution in [2.45, 2.75) is 50.7 Å². The molecule has 4 bridgehead atoms. The minimum atomic E-state index is -0.387. The van der Waals surface area contributed by atoms with Gasteiger partial charge in [0.2, 0.25) is 5.79 Å². The highest BCUT2D eigenvalue weighted by Gasteiger charge is 2.46. The molecule has 0 amide bonds. The van der Waals surface area contributed by atoms with Crippen molar-refractivity contribution in [3.05, 3.63) is 0 Å². The topological polar surface area (TPSA) is 61.5 Å². The molecule has 0 radical (unpaired) electrons. The van der Waals surface area contributed by atoms with E-state index in [0.717, 1.165) is 36.1 Å². The van der Waals surface area contributed by atoms with E-state index in [1.54, 1.807) is 0 Å². The van der Waals surface area contributed by atoms with Crippen LogP contribution in [0.4, 0.5) is 0 Å². The Labute approximate surface area is 99.9 Å². The highest BCUT2D eigenvalue weighted by molar-refractivity contribution is 6.72. The van der Waals surface area contributed by atoms with Crippen molar-refractivity contribution in [1.29, 1.82) is 0 Å². The molecule has 5 heteroatoms. The Morgan fingerprint density at radius 2 is 1.76 bits per heavy atom. The number of rotatable bonds is 0. The van der Waals surface area contributed by atoms with Crippen LogP contribution in [0.2, 0.25) is 0 Å². The lowest BCUT2D eigenvalue weighted by Gasteiger charge is -2.40. The van der Waals surface area contributed by atoms with E-state index in [1.807, 2.05) is 0 Å². The van der Waals surface area contributed by atoms with Gasteiger partial charge in [0.1, 0.15) is 5.84 Å². The van der Waals surface area contributed by atoms with Crippen molar-refractivity contribution in [1.82, 2.24) is 5.32 Å². The fourth-order valence-corrected chi connectivity index (χ4v) is 2.80. The molecule has 1 unspecified atom stereocenters. The standard InChI is InChI=1S/C12H15N5/c1-2-4-6-8-13-9-10(14-8)15-12(7-5-3-1)16-11(9)17-12/h1-7H2,(H,16,17). The maximum Gasteiger partial charge on any atom is 0.230 e. The number of aliphatic imine (C=N–C) groups is 4. The first-order valence-corrected chi connectivity index (χ1v) is 6.50. The molecule has 1 spiro atoms. The van der Waals surface area contributed by atoms with Crippen LogP contribution >= 0.6 is 0 Å². The van der Waals surface area contributed by atoms with E-state index in [9.17, 15) is 0 Å². The highest BCUT2D eigenvalue weighted by Crippen LogP contribution is 2.31. The third kappa shape index (κ3) is 1.38. The SMILES string of the molecule is C1CCCC2=NC3=NC4(CCC1)N=C(N4)C3=N2. The normalized spacial score (nSPS) is 34.4. The smallest absolute Gasteiger partial charge is 0.230 e. The summed E-state index contributed by atoms with van der Waals surface area (Å²) in [7, 11) is 0. The monoisotopic (exact) mass is 229 g/mol. The Balaban J connectivity index is 1.72. The van der Waals surface area contributed by atoms with E-state index < -0.39 is 0 Å². The van der Waals surface area contributed by atoms with Gasteiger partial charge in [0, 0.05) is 12.8 Å². The van der Waals surface area contributed by atoms with E-state index in [4.69, 9.17) is 0 Å². The second-order valence-corrected chi connectivity index (χ2v) is 5.09. The number of amidine groups is 3. The molecule has 5 rings (SSSR count). The third-order valence-corrected chi connectivity index (χ3v) is 3.74. The molecule has 88 valence electrons. The minimum absolute atomic E-state index is 0.387. The molecule has 1 atom stereocenters. The van der Waals surface area contributed by atoms with Crippen LogP contribution < -0.4 is 5.32 Å². The molecule has 1 N–H and O–H groups in total. The Morgan fingerprint density at radius 1 is 0.941 bits per heavy atom. The Kier molecular flexibility index (Phi) is 1.81. The molecule has 0 saturated heterocycles. The van der Waals surface area contributed by atoms with Gasteiger partial charge in [-0.15, -0.1) is 0 Å². The third-order valence-electron chi connectivity index (χ3n) is 3.74. The molecule has 5 aliphatic heterocycles. The first-order valence-electron chi connectivity index (χ1n) is 6.50. The quantitative estimate of drug-likeness (QED) is 0.674. The molecule has 0 aliphatic carbocycles. The van der Waals surface area contributed by atoms with Crippen LogP contribution in [0.1, 0.15) is 44.9 Å². The highest BCUT2D eigenvalue weighted by atomic mass is 15.4. The van der Waals surface area contributed by atoms with Crippen LogP contribution in [-0.4, -0.2) is 29.0 Å². The fourth-order valence-electron chi connectivity index (χ4n) is 2.80. The van der Waals surface area contributed by atoms with Crippen LogP contribution in [0, 0.1) is 0 Å². The average Bonchev–Trinajstić information content (AvgIpc) is 2.68. The van der Waals surface area contributed by atoms with Crippen molar-refractivity contribution >= 4 is 23.2 Å². The van der Waals surface area contributed by atoms with Gasteiger partial charge in [-0.1, -0.05) is 19.3 Å². The second-order valence-electron chi connectivity index (χ2n) is 5.09. The Hall–Kier alpha value is -1.52. The summed E-state index contributed by atoms with van der Waals surface area (Å²) >= 11 is 0. The van der Waals surface area contributed by atoms with Gasteiger partial charge in [0.05, 0.1) is 0 Å². The maximum absolute atomic E-state index is 4.64. The zero-order valence-corrected chi connectivity index (χ0v) is 9.74. The molecule has 0 aromatic heterocycles. The summed E-state index contributed by atoms with van der Waals surface area (Å²) < 4.78 is 0. The van der Waals surface area contributed by atoms with Crippen LogP contribution in [-0.2, 0) is 0 Å². The predicted octanol–water partition coefficient (Wildman–Crippen LogP) is 1.65. The van der Waals surface area contributed by atoms with Gasteiger partial charge in [-0.25, -0.2) is 20.0 Å². The minimum Gasteiger partial charge on any atom is -0.326 e. The molecule has 5 heterocycles. The predicted molar refractivity (Wildman–Crippen MR) is 67.9 cm³/mol. The van der Waals surface area contributed by atoms with Crippen molar-refractivity contribution in [3.63, 3.8) is 0 Å². The summed E-state index contributed by atoms with van der Waals surface area (Å²) in [5.41, 5.74) is 0.862. The Morgan fingerprint density at radius 3 is 2.71 bits per heavy atom. The molecule has 17 heavy (non-hydrogen) atoms. The van der Waals surface area contributed by atoms with Crippen molar-refractivity contribution in [2.75, 3.05) is 0 Å². The molecular weight excluding hydrogens is 214 g/mol. The summed E-state index contributed by atoms with van der Waals surface area (Å²) in [6.45, 7) is 0. The van der Waals surface area contributed by atoms with Crippen LogP contribution in [0.5, 0.6) is 0 Å². The molecule has 5 aliphatic rings. The summed E-state index contributed by atoms with van der Waals surface area (Å²) in [6.07, 6.45) is 8.19. The van der Waals surface area contributed by atoms with Crippen molar-refractivity contribution < 1.29 is 0 Å². The van der Waals surface area contributed by atoms with Crippen molar-refractivity contribution in [2.24, 2.45) is 20.0 Å². The van der Waals surface area contributed by atoms with Gasteiger partial charge in [-0.05, 0) is 12.8 Å². The van der Waals surface area contributed by atoms with Gasteiger partial charge in [0.15, 0.2) is 17.4 Å². The number of hydrogen-bond acceptors (Lipinski definition) is 5. The molecule has 0 saturated carbocycles. The summed E-state index contributed by atoms with van der Waals surface area (Å²) in [6, 6.07) is 0. The first-order chi connectivity index (χ1) is 8.35.